The molecule has 0 unspecified atom stereocenters. The van der Waals surface area contributed by atoms with E-state index in [1.54, 1.807) is 0 Å². The number of fused-ring (bicyclic) bond motifs is 2. The molecule has 0 aliphatic heterocycles. The minimum Gasteiger partial charge on any atom is -0.0622 e. The zero-order valence-electron chi connectivity index (χ0n) is 12.2. The van der Waals surface area contributed by atoms with Gasteiger partial charge in [0, 0.05) is 5.41 Å². The molecule has 0 saturated carbocycles. The second-order valence-electron chi connectivity index (χ2n) is 5.98. The van der Waals surface area contributed by atoms with Crippen LogP contribution in [0.15, 0.2) is 78.9 Å². The molecule has 102 valence electrons. The van der Waals surface area contributed by atoms with Crippen molar-refractivity contribution in [1.29, 1.82) is 0 Å². The molecule has 0 N–H and O–H groups in total. The van der Waals surface area contributed by atoms with Crippen LogP contribution in [0.5, 0.6) is 0 Å². The van der Waals surface area contributed by atoms with Crippen LogP contribution >= 0.6 is 0 Å². The molecule has 3 aromatic rings. The van der Waals surface area contributed by atoms with E-state index in [9.17, 15) is 0 Å². The van der Waals surface area contributed by atoms with E-state index < -0.39 is 0 Å². The van der Waals surface area contributed by atoms with Gasteiger partial charge in [0.05, 0.1) is 0 Å². The van der Waals surface area contributed by atoms with E-state index in [1.165, 1.54) is 27.8 Å². The average Bonchev–Trinajstić information content (AvgIpc) is 2.56. The molecule has 1 aliphatic carbocycles. The van der Waals surface area contributed by atoms with Crippen LogP contribution in [-0.4, -0.2) is 0 Å². The van der Waals surface area contributed by atoms with Crippen molar-refractivity contribution in [2.24, 2.45) is 0 Å². The van der Waals surface area contributed by atoms with E-state index in [1.807, 2.05) is 0 Å². The molecule has 0 heteroatoms. The number of benzene rings is 3. The second-order valence-corrected chi connectivity index (χ2v) is 5.98. The summed E-state index contributed by atoms with van der Waals surface area (Å²) in [5, 5.41) is 0. The van der Waals surface area contributed by atoms with E-state index in [-0.39, 0.29) is 5.41 Å². The van der Waals surface area contributed by atoms with Crippen molar-refractivity contribution >= 4 is 0 Å². The van der Waals surface area contributed by atoms with Crippen molar-refractivity contribution in [1.82, 2.24) is 0 Å². The fourth-order valence-electron chi connectivity index (χ4n) is 3.76. The molecule has 0 heterocycles. The molecule has 0 radical (unpaired) electrons. The van der Waals surface area contributed by atoms with Gasteiger partial charge in [0.25, 0.3) is 0 Å². The van der Waals surface area contributed by atoms with Crippen molar-refractivity contribution in [3.8, 4) is 0 Å². The SMILES string of the molecule is CC1(c2ccccc2)c2ccccc2Cc2ccccc21. The maximum Gasteiger partial charge on any atom is 0.0428 e. The molecule has 0 atom stereocenters. The Kier molecular flexibility index (Phi) is 2.71. The highest BCUT2D eigenvalue weighted by Crippen LogP contribution is 2.45. The zero-order valence-corrected chi connectivity index (χ0v) is 12.2. The molecule has 0 bridgehead atoms. The van der Waals surface area contributed by atoms with Crippen LogP contribution in [0.1, 0.15) is 34.7 Å². The van der Waals surface area contributed by atoms with Crippen molar-refractivity contribution in [2.45, 2.75) is 18.8 Å². The summed E-state index contributed by atoms with van der Waals surface area (Å²) in [6.45, 7) is 2.36. The van der Waals surface area contributed by atoms with Gasteiger partial charge in [-0.25, -0.2) is 0 Å². The number of hydrogen-bond acceptors (Lipinski definition) is 0. The summed E-state index contributed by atoms with van der Waals surface area (Å²) in [6.07, 6.45) is 1.04. The van der Waals surface area contributed by atoms with Crippen molar-refractivity contribution in [3.05, 3.63) is 107 Å². The van der Waals surface area contributed by atoms with Crippen LogP contribution in [0.3, 0.4) is 0 Å². The fourth-order valence-corrected chi connectivity index (χ4v) is 3.76. The molecular weight excluding hydrogens is 252 g/mol. The monoisotopic (exact) mass is 270 g/mol. The maximum absolute atomic E-state index is 2.36. The van der Waals surface area contributed by atoms with Gasteiger partial charge in [-0.15, -0.1) is 0 Å². The maximum atomic E-state index is 2.36. The average molecular weight is 270 g/mol. The Morgan fingerprint density at radius 1 is 0.619 bits per heavy atom. The van der Waals surface area contributed by atoms with Crippen LogP contribution in [0.2, 0.25) is 0 Å². The summed E-state index contributed by atoms with van der Waals surface area (Å²) in [5.41, 5.74) is 7.08. The van der Waals surface area contributed by atoms with Crippen LogP contribution < -0.4 is 0 Å². The summed E-state index contributed by atoms with van der Waals surface area (Å²) < 4.78 is 0. The Balaban J connectivity index is 2.06. The molecule has 0 spiro atoms. The minimum atomic E-state index is -0.0628. The van der Waals surface area contributed by atoms with Gasteiger partial charge in [0.1, 0.15) is 0 Å². The normalized spacial score (nSPS) is 15.1. The van der Waals surface area contributed by atoms with Gasteiger partial charge in [0.2, 0.25) is 0 Å². The first kappa shape index (κ1) is 12.4. The first-order valence-electron chi connectivity index (χ1n) is 7.52. The Labute approximate surface area is 126 Å². The minimum absolute atomic E-state index is 0.0628. The van der Waals surface area contributed by atoms with Gasteiger partial charge >= 0.3 is 0 Å². The molecule has 0 saturated heterocycles. The van der Waals surface area contributed by atoms with Crippen molar-refractivity contribution in [3.63, 3.8) is 0 Å². The van der Waals surface area contributed by atoms with Gasteiger partial charge in [-0.1, -0.05) is 78.9 Å². The topological polar surface area (TPSA) is 0 Å². The molecule has 0 nitrogen and oxygen atoms in total. The third-order valence-electron chi connectivity index (χ3n) is 4.84. The lowest BCUT2D eigenvalue weighted by molar-refractivity contribution is 0.657. The lowest BCUT2D eigenvalue weighted by atomic mass is 9.64. The van der Waals surface area contributed by atoms with Gasteiger partial charge < -0.3 is 0 Å². The summed E-state index contributed by atoms with van der Waals surface area (Å²) in [4.78, 5) is 0. The van der Waals surface area contributed by atoms with E-state index in [0.29, 0.717) is 0 Å². The first-order valence-corrected chi connectivity index (χ1v) is 7.52. The van der Waals surface area contributed by atoms with Gasteiger partial charge in [-0.05, 0) is 41.2 Å². The summed E-state index contributed by atoms with van der Waals surface area (Å²) in [5.74, 6) is 0. The summed E-state index contributed by atoms with van der Waals surface area (Å²) in [6, 6.07) is 28.6. The Morgan fingerprint density at radius 3 is 1.67 bits per heavy atom. The molecule has 21 heavy (non-hydrogen) atoms. The van der Waals surface area contributed by atoms with Gasteiger partial charge in [-0.2, -0.15) is 0 Å². The van der Waals surface area contributed by atoms with Gasteiger partial charge in [0.15, 0.2) is 0 Å². The predicted octanol–water partition coefficient (Wildman–Crippen LogP) is 4.95. The molecule has 0 aromatic heterocycles. The van der Waals surface area contributed by atoms with Crippen LogP contribution in [0.4, 0.5) is 0 Å². The lowest BCUT2D eigenvalue weighted by Crippen LogP contribution is -2.31. The van der Waals surface area contributed by atoms with E-state index >= 15 is 0 Å². The van der Waals surface area contributed by atoms with E-state index in [4.69, 9.17) is 0 Å². The largest absolute Gasteiger partial charge is 0.0622 e. The summed E-state index contributed by atoms with van der Waals surface area (Å²) in [7, 11) is 0. The Bertz CT molecular complexity index is 738. The van der Waals surface area contributed by atoms with E-state index in [0.717, 1.165) is 6.42 Å². The highest BCUT2D eigenvalue weighted by molar-refractivity contribution is 5.59. The molecule has 0 fully saturated rings. The molecule has 0 amide bonds. The highest BCUT2D eigenvalue weighted by Gasteiger charge is 2.37. The third kappa shape index (κ3) is 1.76. The standard InChI is InChI=1S/C21H18/c1-21(18-11-3-2-4-12-18)19-13-7-5-9-16(19)15-17-10-6-8-14-20(17)21/h2-14H,15H2,1H3. The third-order valence-corrected chi connectivity index (χ3v) is 4.84. The first-order chi connectivity index (χ1) is 10.3. The highest BCUT2D eigenvalue weighted by atomic mass is 14.4. The van der Waals surface area contributed by atoms with Crippen LogP contribution in [0, 0.1) is 0 Å². The number of hydrogen-bond donors (Lipinski definition) is 0. The zero-order chi connectivity index (χ0) is 14.3. The lowest BCUT2D eigenvalue weighted by Gasteiger charge is -2.38. The van der Waals surface area contributed by atoms with E-state index in [2.05, 4.69) is 85.8 Å². The van der Waals surface area contributed by atoms with Gasteiger partial charge in [-0.3, -0.25) is 0 Å². The molecular formula is C21H18. The Morgan fingerprint density at radius 2 is 1.10 bits per heavy atom. The quantitative estimate of drug-likeness (QED) is 0.587. The Hall–Kier alpha value is -2.34. The summed E-state index contributed by atoms with van der Waals surface area (Å²) >= 11 is 0. The molecule has 3 aromatic carbocycles. The van der Waals surface area contributed by atoms with Crippen molar-refractivity contribution in [2.75, 3.05) is 0 Å². The fraction of sp³-hybridized carbons (Fsp3) is 0.143. The van der Waals surface area contributed by atoms with Crippen LogP contribution in [0.25, 0.3) is 0 Å². The molecule has 4 rings (SSSR count). The predicted molar refractivity (Wildman–Crippen MR) is 87.7 cm³/mol. The smallest absolute Gasteiger partial charge is 0.0428 e. The van der Waals surface area contributed by atoms with Crippen molar-refractivity contribution < 1.29 is 0 Å². The molecule has 1 aliphatic rings. The second kappa shape index (κ2) is 4.60. The number of rotatable bonds is 1. The van der Waals surface area contributed by atoms with Crippen LogP contribution in [-0.2, 0) is 11.8 Å².